The van der Waals surface area contributed by atoms with Gasteiger partial charge >= 0.3 is 0 Å². The third kappa shape index (κ3) is 6.95. The summed E-state index contributed by atoms with van der Waals surface area (Å²) in [7, 11) is 1.72. The molecule has 0 aliphatic heterocycles. The largest absolute Gasteiger partial charge is 0.492 e. The van der Waals surface area contributed by atoms with Crippen LogP contribution in [0.3, 0.4) is 0 Å². The van der Waals surface area contributed by atoms with E-state index in [0.29, 0.717) is 25.7 Å². The molecule has 25 heavy (non-hydrogen) atoms. The van der Waals surface area contributed by atoms with Gasteiger partial charge in [0.15, 0.2) is 5.96 Å². The molecule has 0 fully saturated rings. The molecule has 6 heteroatoms. The summed E-state index contributed by atoms with van der Waals surface area (Å²) in [5.74, 6) is 1.46. The minimum absolute atomic E-state index is 0.0824. The molecule has 0 atom stereocenters. The maximum absolute atomic E-state index is 11.1. The molecule has 0 saturated carbocycles. The average Bonchev–Trinajstić information content (AvgIpc) is 2.62. The zero-order valence-electron chi connectivity index (χ0n) is 14.6. The van der Waals surface area contributed by atoms with Crippen molar-refractivity contribution in [3.05, 3.63) is 60.2 Å². The minimum atomic E-state index is -0.0824. The molecule has 0 aliphatic rings. The second-order valence-electron chi connectivity index (χ2n) is 5.40. The Kier molecular flexibility index (Phi) is 7.31. The van der Waals surface area contributed by atoms with Crippen LogP contribution in [0.25, 0.3) is 0 Å². The van der Waals surface area contributed by atoms with E-state index in [4.69, 9.17) is 4.74 Å². The first-order valence-corrected chi connectivity index (χ1v) is 8.16. The van der Waals surface area contributed by atoms with Gasteiger partial charge in [-0.15, -0.1) is 0 Å². The van der Waals surface area contributed by atoms with Gasteiger partial charge in [-0.3, -0.25) is 9.79 Å². The van der Waals surface area contributed by atoms with E-state index in [1.165, 1.54) is 6.92 Å². The van der Waals surface area contributed by atoms with Crippen LogP contribution in [0.15, 0.2) is 59.6 Å². The average molecular weight is 340 g/mol. The van der Waals surface area contributed by atoms with E-state index in [-0.39, 0.29) is 5.91 Å². The fourth-order valence-electron chi connectivity index (χ4n) is 2.22. The highest BCUT2D eigenvalue weighted by Crippen LogP contribution is 2.10. The van der Waals surface area contributed by atoms with Crippen LogP contribution >= 0.6 is 0 Å². The highest BCUT2D eigenvalue weighted by atomic mass is 16.5. The summed E-state index contributed by atoms with van der Waals surface area (Å²) in [5, 5.41) is 9.21. The number of ether oxygens (including phenoxy) is 1. The molecule has 2 aromatic carbocycles. The molecule has 132 valence electrons. The normalized spacial score (nSPS) is 10.9. The molecule has 1 amide bonds. The van der Waals surface area contributed by atoms with Crippen LogP contribution in [0, 0.1) is 0 Å². The lowest BCUT2D eigenvalue weighted by Gasteiger charge is -2.13. The molecule has 0 radical (unpaired) electrons. The van der Waals surface area contributed by atoms with Gasteiger partial charge in [-0.2, -0.15) is 0 Å². The summed E-state index contributed by atoms with van der Waals surface area (Å²) in [5.41, 5.74) is 1.83. The van der Waals surface area contributed by atoms with Crippen molar-refractivity contribution in [2.24, 2.45) is 4.99 Å². The lowest BCUT2D eigenvalue weighted by molar-refractivity contribution is -0.114. The van der Waals surface area contributed by atoms with Crippen LogP contribution < -0.4 is 20.7 Å². The lowest BCUT2D eigenvalue weighted by atomic mass is 10.2. The Labute approximate surface area is 148 Å². The number of rotatable bonds is 7. The molecular weight excluding hydrogens is 316 g/mol. The summed E-state index contributed by atoms with van der Waals surface area (Å²) in [6.45, 7) is 3.28. The monoisotopic (exact) mass is 340 g/mol. The van der Waals surface area contributed by atoms with Gasteiger partial charge in [-0.1, -0.05) is 30.3 Å². The smallest absolute Gasteiger partial charge is 0.221 e. The minimum Gasteiger partial charge on any atom is -0.492 e. The Morgan fingerprint density at radius 3 is 2.60 bits per heavy atom. The van der Waals surface area contributed by atoms with Gasteiger partial charge in [0.1, 0.15) is 12.4 Å². The second kappa shape index (κ2) is 9.97. The van der Waals surface area contributed by atoms with Crippen LogP contribution in [-0.4, -0.2) is 32.1 Å². The lowest BCUT2D eigenvalue weighted by Crippen LogP contribution is -2.38. The highest BCUT2D eigenvalue weighted by Gasteiger charge is 2.01. The van der Waals surface area contributed by atoms with Gasteiger partial charge in [-0.25, -0.2) is 0 Å². The first-order chi connectivity index (χ1) is 12.2. The molecule has 0 unspecified atom stereocenters. The van der Waals surface area contributed by atoms with Crippen molar-refractivity contribution in [1.29, 1.82) is 0 Å². The van der Waals surface area contributed by atoms with E-state index in [1.54, 1.807) is 7.05 Å². The Balaban J connectivity index is 1.74. The van der Waals surface area contributed by atoms with Crippen LogP contribution in [0.5, 0.6) is 5.75 Å². The summed E-state index contributed by atoms with van der Waals surface area (Å²) in [4.78, 5) is 15.3. The zero-order valence-corrected chi connectivity index (χ0v) is 14.6. The number of nitrogens with one attached hydrogen (secondary N) is 3. The van der Waals surface area contributed by atoms with E-state index in [0.717, 1.165) is 17.0 Å². The summed E-state index contributed by atoms with van der Waals surface area (Å²) >= 11 is 0. The number of hydrogen-bond acceptors (Lipinski definition) is 3. The van der Waals surface area contributed by atoms with Crippen molar-refractivity contribution in [2.45, 2.75) is 13.5 Å². The Bertz CT molecular complexity index is 702. The van der Waals surface area contributed by atoms with Crippen LogP contribution in [0.2, 0.25) is 0 Å². The van der Waals surface area contributed by atoms with E-state index in [2.05, 4.69) is 20.9 Å². The Hall–Kier alpha value is -3.02. The number of carbonyl (C=O) groups is 1. The number of amides is 1. The molecule has 0 aliphatic carbocycles. The van der Waals surface area contributed by atoms with E-state index < -0.39 is 0 Å². The molecule has 0 bridgehead atoms. The predicted molar refractivity (Wildman–Crippen MR) is 101 cm³/mol. The Morgan fingerprint density at radius 2 is 1.88 bits per heavy atom. The summed E-state index contributed by atoms with van der Waals surface area (Å²) in [6.07, 6.45) is 0. The van der Waals surface area contributed by atoms with Crippen LogP contribution in [0.1, 0.15) is 12.5 Å². The predicted octanol–water partition coefficient (Wildman–Crippen LogP) is 2.39. The van der Waals surface area contributed by atoms with E-state index in [1.807, 2.05) is 54.6 Å². The maximum atomic E-state index is 11.1. The van der Waals surface area contributed by atoms with Gasteiger partial charge in [0.25, 0.3) is 0 Å². The van der Waals surface area contributed by atoms with Crippen molar-refractivity contribution in [2.75, 3.05) is 25.5 Å². The number of benzene rings is 2. The fraction of sp³-hybridized carbons (Fsp3) is 0.263. The summed E-state index contributed by atoms with van der Waals surface area (Å²) < 4.78 is 5.63. The number of guanidine groups is 1. The molecule has 0 aromatic heterocycles. The molecule has 2 aromatic rings. The van der Waals surface area contributed by atoms with Crippen LogP contribution in [0.4, 0.5) is 5.69 Å². The standard InChI is InChI=1S/C19H24N4O2/c1-15(24)23-17-8-6-7-16(13-17)14-22-19(20-2)21-11-12-25-18-9-4-3-5-10-18/h3-10,13H,11-12,14H2,1-2H3,(H,23,24)(H2,20,21,22). The topological polar surface area (TPSA) is 74.8 Å². The zero-order chi connectivity index (χ0) is 17.9. The molecule has 6 nitrogen and oxygen atoms in total. The molecule has 0 spiro atoms. The number of aliphatic imine (C=N–C) groups is 1. The van der Waals surface area contributed by atoms with E-state index >= 15 is 0 Å². The number of hydrogen-bond donors (Lipinski definition) is 3. The van der Waals surface area contributed by atoms with Crippen molar-refractivity contribution in [3.8, 4) is 5.75 Å². The van der Waals surface area contributed by atoms with Gasteiger partial charge in [-0.05, 0) is 29.8 Å². The number of carbonyl (C=O) groups excluding carboxylic acids is 1. The number of para-hydroxylation sites is 1. The molecule has 0 saturated heterocycles. The van der Waals surface area contributed by atoms with Crippen molar-refractivity contribution in [3.63, 3.8) is 0 Å². The second-order valence-corrected chi connectivity index (χ2v) is 5.40. The van der Waals surface area contributed by atoms with Gasteiger partial charge in [0, 0.05) is 26.2 Å². The highest BCUT2D eigenvalue weighted by molar-refractivity contribution is 5.88. The number of nitrogens with zero attached hydrogens (tertiary/aromatic N) is 1. The molecular formula is C19H24N4O2. The quantitative estimate of drug-likeness (QED) is 0.411. The van der Waals surface area contributed by atoms with Gasteiger partial charge in [0.05, 0.1) is 6.54 Å². The van der Waals surface area contributed by atoms with Crippen molar-refractivity contribution >= 4 is 17.6 Å². The van der Waals surface area contributed by atoms with Gasteiger partial charge < -0.3 is 20.7 Å². The van der Waals surface area contributed by atoms with E-state index in [9.17, 15) is 4.79 Å². The number of anilines is 1. The van der Waals surface area contributed by atoms with Crippen molar-refractivity contribution in [1.82, 2.24) is 10.6 Å². The Morgan fingerprint density at radius 1 is 1.08 bits per heavy atom. The van der Waals surface area contributed by atoms with Crippen molar-refractivity contribution < 1.29 is 9.53 Å². The molecule has 0 heterocycles. The first kappa shape index (κ1) is 18.3. The fourth-order valence-corrected chi connectivity index (χ4v) is 2.22. The first-order valence-electron chi connectivity index (χ1n) is 8.16. The van der Waals surface area contributed by atoms with Gasteiger partial charge in [0.2, 0.25) is 5.91 Å². The molecule has 2 rings (SSSR count). The maximum Gasteiger partial charge on any atom is 0.221 e. The summed E-state index contributed by atoms with van der Waals surface area (Å²) in [6, 6.07) is 17.4. The SMILES string of the molecule is CN=C(NCCOc1ccccc1)NCc1cccc(NC(C)=O)c1. The molecule has 3 N–H and O–H groups in total. The third-order valence-corrected chi connectivity index (χ3v) is 3.34. The third-order valence-electron chi connectivity index (χ3n) is 3.34. The van der Waals surface area contributed by atoms with Crippen LogP contribution in [-0.2, 0) is 11.3 Å².